The summed E-state index contributed by atoms with van der Waals surface area (Å²) in [5.41, 5.74) is 15.3. The van der Waals surface area contributed by atoms with Crippen LogP contribution < -0.4 is 17.2 Å². The number of amides is 1. The van der Waals surface area contributed by atoms with Crippen molar-refractivity contribution in [1.82, 2.24) is 0 Å². The maximum absolute atomic E-state index is 10.4. The van der Waals surface area contributed by atoms with Gasteiger partial charge in [0.15, 0.2) is 0 Å². The second kappa shape index (κ2) is 3.62. The quantitative estimate of drug-likeness (QED) is 0.277. The first-order valence-electron chi connectivity index (χ1n) is 2.62. The van der Waals surface area contributed by atoms with Gasteiger partial charge < -0.3 is 22.6 Å². The van der Waals surface area contributed by atoms with Crippen LogP contribution in [-0.4, -0.2) is 18.7 Å². The minimum absolute atomic E-state index is 0.0255. The second-order valence-electron chi connectivity index (χ2n) is 1.65. The molecule has 0 aliphatic carbocycles. The minimum atomic E-state index is -0.724. The number of carbonyl (C=O) groups is 1. The molecule has 56 valence electrons. The Morgan fingerprint density at radius 2 is 2.00 bits per heavy atom. The molecule has 1 amide bonds. The lowest BCUT2D eigenvalue weighted by molar-refractivity contribution is -0.114. The molecule has 10 heavy (non-hydrogen) atoms. The molecule has 0 spiro atoms. The molecule has 0 radical (unpaired) electrons. The van der Waals surface area contributed by atoms with Crippen molar-refractivity contribution in [2.45, 2.75) is 0 Å². The molecule has 0 aromatic heterocycles. The molecule has 0 aliphatic heterocycles. The lowest BCUT2D eigenvalue weighted by Gasteiger charge is -1.98. The standard InChI is InChI=1S/C5H10N4O/c6-1-3(5(9)10)4(8)2-7/h1,6H,2,7-8H2,(H2,9,10). The van der Waals surface area contributed by atoms with Gasteiger partial charge in [-0.25, -0.2) is 0 Å². The molecule has 5 heteroatoms. The molecule has 0 aliphatic rings. The summed E-state index contributed by atoms with van der Waals surface area (Å²) in [5, 5.41) is 6.70. The molecule has 0 bridgehead atoms. The monoisotopic (exact) mass is 142 g/mol. The fraction of sp³-hybridized carbons (Fsp3) is 0.200. The number of nitrogens with two attached hydrogens (primary N) is 3. The van der Waals surface area contributed by atoms with E-state index in [9.17, 15) is 4.79 Å². The van der Waals surface area contributed by atoms with Crippen LogP contribution in [0.5, 0.6) is 0 Å². The van der Waals surface area contributed by atoms with Gasteiger partial charge in [0.25, 0.3) is 5.91 Å². The first-order valence-corrected chi connectivity index (χ1v) is 2.62. The van der Waals surface area contributed by atoms with Gasteiger partial charge in [0.05, 0.1) is 5.57 Å². The van der Waals surface area contributed by atoms with Crippen molar-refractivity contribution in [3.05, 3.63) is 11.3 Å². The molecular formula is C5H10N4O. The Morgan fingerprint density at radius 3 is 2.10 bits per heavy atom. The van der Waals surface area contributed by atoms with Crippen LogP contribution in [0.25, 0.3) is 0 Å². The maximum atomic E-state index is 10.4. The fourth-order valence-electron chi connectivity index (χ4n) is 0.432. The topological polar surface area (TPSA) is 119 Å². The molecule has 5 nitrogen and oxygen atoms in total. The molecule has 0 aromatic rings. The van der Waals surface area contributed by atoms with Crippen molar-refractivity contribution in [2.24, 2.45) is 17.2 Å². The van der Waals surface area contributed by atoms with Gasteiger partial charge in [-0.3, -0.25) is 4.79 Å². The summed E-state index contributed by atoms with van der Waals surface area (Å²) in [5.74, 6) is -0.724. The summed E-state index contributed by atoms with van der Waals surface area (Å²) in [7, 11) is 0. The minimum Gasteiger partial charge on any atom is -0.400 e. The normalized spacial score (nSPS) is 12.1. The van der Waals surface area contributed by atoms with Gasteiger partial charge in [0, 0.05) is 18.5 Å². The fourth-order valence-corrected chi connectivity index (χ4v) is 0.432. The van der Waals surface area contributed by atoms with Gasteiger partial charge in [-0.1, -0.05) is 0 Å². The Kier molecular flexibility index (Phi) is 3.13. The summed E-state index contributed by atoms with van der Waals surface area (Å²) in [6.07, 6.45) is 0.796. The number of rotatable bonds is 3. The van der Waals surface area contributed by atoms with E-state index in [1.165, 1.54) is 0 Å². The number of primary amides is 1. The van der Waals surface area contributed by atoms with Gasteiger partial charge in [-0.2, -0.15) is 0 Å². The van der Waals surface area contributed by atoms with Crippen LogP contribution >= 0.6 is 0 Å². The first kappa shape index (κ1) is 8.64. The van der Waals surface area contributed by atoms with Gasteiger partial charge >= 0.3 is 0 Å². The van der Waals surface area contributed by atoms with Gasteiger partial charge in [-0.05, 0) is 0 Å². The molecule has 0 rings (SSSR count). The van der Waals surface area contributed by atoms with Crippen molar-refractivity contribution in [3.8, 4) is 0 Å². The maximum Gasteiger partial charge on any atom is 0.252 e. The van der Waals surface area contributed by atoms with Crippen LogP contribution in [0.3, 0.4) is 0 Å². The average molecular weight is 142 g/mol. The smallest absolute Gasteiger partial charge is 0.252 e. The van der Waals surface area contributed by atoms with Crippen LogP contribution in [0.2, 0.25) is 0 Å². The summed E-state index contributed by atoms with van der Waals surface area (Å²) in [6.45, 7) is 0.0354. The van der Waals surface area contributed by atoms with E-state index in [2.05, 4.69) is 0 Å². The van der Waals surface area contributed by atoms with E-state index in [0.29, 0.717) is 0 Å². The highest BCUT2D eigenvalue weighted by Crippen LogP contribution is 1.91. The zero-order chi connectivity index (χ0) is 8.15. The van der Waals surface area contributed by atoms with E-state index in [-0.39, 0.29) is 17.8 Å². The zero-order valence-corrected chi connectivity index (χ0v) is 5.42. The van der Waals surface area contributed by atoms with Crippen molar-refractivity contribution >= 4 is 12.1 Å². The number of hydrogen-bond acceptors (Lipinski definition) is 4. The summed E-state index contributed by atoms with van der Waals surface area (Å²) < 4.78 is 0. The lowest BCUT2D eigenvalue weighted by Crippen LogP contribution is -2.23. The Morgan fingerprint density at radius 1 is 1.50 bits per heavy atom. The molecule has 0 unspecified atom stereocenters. The second-order valence-corrected chi connectivity index (χ2v) is 1.65. The van der Waals surface area contributed by atoms with Crippen LogP contribution in [0.4, 0.5) is 0 Å². The third-order valence-electron chi connectivity index (χ3n) is 0.976. The molecule has 0 atom stereocenters. The number of hydrogen-bond donors (Lipinski definition) is 4. The summed E-state index contributed by atoms with van der Waals surface area (Å²) >= 11 is 0. The van der Waals surface area contributed by atoms with Gasteiger partial charge in [-0.15, -0.1) is 0 Å². The van der Waals surface area contributed by atoms with Crippen LogP contribution in [0, 0.1) is 5.41 Å². The molecule has 0 aromatic carbocycles. The van der Waals surface area contributed by atoms with Crippen LogP contribution in [0.1, 0.15) is 0 Å². The highest BCUT2D eigenvalue weighted by molar-refractivity contribution is 6.11. The molecular weight excluding hydrogens is 132 g/mol. The predicted molar refractivity (Wildman–Crippen MR) is 38.2 cm³/mol. The van der Waals surface area contributed by atoms with Crippen molar-refractivity contribution < 1.29 is 4.79 Å². The SMILES string of the molecule is N=CC(C(N)=O)=C(N)CN. The highest BCUT2D eigenvalue weighted by Gasteiger charge is 2.04. The number of nitrogens with one attached hydrogen (secondary N) is 1. The van der Waals surface area contributed by atoms with E-state index >= 15 is 0 Å². The van der Waals surface area contributed by atoms with Crippen LogP contribution in [0.15, 0.2) is 11.3 Å². The average Bonchev–Trinajstić information content (AvgIpc) is 1.88. The molecule has 0 saturated heterocycles. The van der Waals surface area contributed by atoms with E-state index in [1.807, 2.05) is 0 Å². The highest BCUT2D eigenvalue weighted by atomic mass is 16.1. The van der Waals surface area contributed by atoms with E-state index in [4.69, 9.17) is 22.6 Å². The Bertz CT molecular complexity index is 184. The third kappa shape index (κ3) is 1.87. The van der Waals surface area contributed by atoms with Gasteiger partial charge in [0.1, 0.15) is 0 Å². The number of carbonyl (C=O) groups excluding carboxylic acids is 1. The predicted octanol–water partition coefficient (Wildman–Crippen LogP) is -1.71. The van der Waals surface area contributed by atoms with Crippen molar-refractivity contribution in [3.63, 3.8) is 0 Å². The summed E-state index contributed by atoms with van der Waals surface area (Å²) in [6, 6.07) is 0. The van der Waals surface area contributed by atoms with Gasteiger partial charge in [0.2, 0.25) is 0 Å². The van der Waals surface area contributed by atoms with Crippen molar-refractivity contribution in [2.75, 3.05) is 6.54 Å². The zero-order valence-electron chi connectivity index (χ0n) is 5.42. The molecule has 7 N–H and O–H groups in total. The van der Waals surface area contributed by atoms with Crippen LogP contribution in [-0.2, 0) is 4.79 Å². The summed E-state index contributed by atoms with van der Waals surface area (Å²) in [4.78, 5) is 10.4. The Hall–Kier alpha value is -1.36. The van der Waals surface area contributed by atoms with E-state index in [0.717, 1.165) is 6.21 Å². The third-order valence-corrected chi connectivity index (χ3v) is 0.976. The first-order chi connectivity index (χ1) is 4.63. The Labute approximate surface area is 58.4 Å². The molecule has 0 saturated carbocycles. The lowest BCUT2D eigenvalue weighted by atomic mass is 10.2. The molecule has 0 fully saturated rings. The largest absolute Gasteiger partial charge is 0.400 e. The molecule has 0 heterocycles. The van der Waals surface area contributed by atoms with E-state index < -0.39 is 5.91 Å². The van der Waals surface area contributed by atoms with E-state index in [1.54, 1.807) is 0 Å². The Balaban J connectivity index is 4.62. The van der Waals surface area contributed by atoms with Crippen molar-refractivity contribution in [1.29, 1.82) is 5.41 Å².